The molecule has 2 N–H and O–H groups in total. The molecule has 1 unspecified atom stereocenters. The predicted molar refractivity (Wildman–Crippen MR) is 168 cm³/mol. The van der Waals surface area contributed by atoms with Crippen molar-refractivity contribution >= 4 is 29.4 Å². The first-order valence-corrected chi connectivity index (χ1v) is 14.6. The smallest absolute Gasteiger partial charge is 0.412 e. The van der Waals surface area contributed by atoms with Gasteiger partial charge in [-0.25, -0.2) is 14.6 Å². The first-order chi connectivity index (χ1) is 22.5. The Morgan fingerprint density at radius 2 is 1.57 bits per heavy atom. The summed E-state index contributed by atoms with van der Waals surface area (Å²) in [6.07, 6.45) is -0.228. The molecule has 0 spiro atoms. The standard InChI is InChI=1S/C34H32F2N4O7/c1-3-46-32(44)34(35,36)29(42)26(18-23-12-6-4-7-13-23)38-28(41)20-40-30(25-16-10-11-22(2)17-25)37-19-27(31(40)43)39-33(45)47-21-24-14-8-5-9-15-24/h4-17,19,26H,3,18,20-21H2,1-2H3,(H,38,41)(H,39,45). The molecule has 0 aliphatic rings. The van der Waals surface area contributed by atoms with Crippen molar-refractivity contribution < 1.29 is 37.4 Å². The Morgan fingerprint density at radius 1 is 0.915 bits per heavy atom. The topological polar surface area (TPSA) is 146 Å². The van der Waals surface area contributed by atoms with Gasteiger partial charge in [-0.2, -0.15) is 8.78 Å². The summed E-state index contributed by atoms with van der Waals surface area (Å²) in [7, 11) is 0. The molecule has 1 atom stereocenters. The van der Waals surface area contributed by atoms with Gasteiger partial charge < -0.3 is 14.8 Å². The molecule has 11 nitrogen and oxygen atoms in total. The van der Waals surface area contributed by atoms with Crippen LogP contribution in [0.25, 0.3) is 11.4 Å². The fourth-order valence-corrected chi connectivity index (χ4v) is 4.59. The van der Waals surface area contributed by atoms with E-state index in [0.29, 0.717) is 16.7 Å². The van der Waals surface area contributed by atoms with Crippen LogP contribution in [0, 0.1) is 6.92 Å². The lowest BCUT2D eigenvalue weighted by Gasteiger charge is -2.23. The van der Waals surface area contributed by atoms with Crippen LogP contribution in [0.1, 0.15) is 23.6 Å². The highest BCUT2D eigenvalue weighted by Gasteiger charge is 2.52. The summed E-state index contributed by atoms with van der Waals surface area (Å²) in [6, 6.07) is 21.9. The third kappa shape index (κ3) is 8.93. The highest BCUT2D eigenvalue weighted by Crippen LogP contribution is 2.22. The maximum absolute atomic E-state index is 14.9. The van der Waals surface area contributed by atoms with E-state index in [1.165, 1.54) is 6.92 Å². The fraction of sp³-hybridized carbons (Fsp3) is 0.235. The van der Waals surface area contributed by atoms with Crippen molar-refractivity contribution in [3.63, 3.8) is 0 Å². The molecule has 4 aromatic rings. The molecule has 0 bridgehead atoms. The molecular weight excluding hydrogens is 614 g/mol. The van der Waals surface area contributed by atoms with E-state index in [9.17, 15) is 32.8 Å². The molecule has 4 rings (SSSR count). The number of ether oxygens (including phenoxy) is 2. The Bertz CT molecular complexity index is 1800. The SMILES string of the molecule is CCOC(=O)C(F)(F)C(=O)C(Cc1ccccc1)NC(=O)Cn1c(-c2cccc(C)c2)ncc(NC(=O)OCc2ccccc2)c1=O. The van der Waals surface area contributed by atoms with Crippen molar-refractivity contribution in [3.05, 3.63) is 118 Å². The average Bonchev–Trinajstić information content (AvgIpc) is 3.06. The first-order valence-electron chi connectivity index (χ1n) is 14.6. The maximum atomic E-state index is 14.9. The molecule has 47 heavy (non-hydrogen) atoms. The van der Waals surface area contributed by atoms with E-state index in [0.717, 1.165) is 16.3 Å². The molecule has 0 fully saturated rings. The molecular formula is C34H32F2N4O7. The van der Waals surface area contributed by atoms with E-state index < -0.39 is 47.8 Å². The van der Waals surface area contributed by atoms with Gasteiger partial charge in [0.2, 0.25) is 11.7 Å². The number of rotatable bonds is 13. The number of halogens is 2. The van der Waals surface area contributed by atoms with Gasteiger partial charge in [-0.1, -0.05) is 84.4 Å². The summed E-state index contributed by atoms with van der Waals surface area (Å²) in [5, 5.41) is 4.58. The second-order valence-corrected chi connectivity index (χ2v) is 10.4. The van der Waals surface area contributed by atoms with Crippen LogP contribution in [0.5, 0.6) is 0 Å². The van der Waals surface area contributed by atoms with Gasteiger partial charge >= 0.3 is 18.0 Å². The van der Waals surface area contributed by atoms with E-state index in [4.69, 9.17) is 4.74 Å². The zero-order chi connectivity index (χ0) is 34.0. The number of hydrogen-bond acceptors (Lipinski definition) is 8. The number of amides is 2. The monoisotopic (exact) mass is 646 g/mol. The molecule has 0 aliphatic heterocycles. The number of carbonyl (C=O) groups is 4. The average molecular weight is 647 g/mol. The lowest BCUT2D eigenvalue weighted by Crippen LogP contribution is -2.53. The molecule has 0 aliphatic carbocycles. The van der Waals surface area contributed by atoms with Crippen LogP contribution in [0.15, 0.2) is 95.9 Å². The number of ketones is 1. The molecule has 13 heteroatoms. The number of carbonyl (C=O) groups excluding carboxylic acids is 4. The lowest BCUT2D eigenvalue weighted by atomic mass is 9.98. The van der Waals surface area contributed by atoms with Crippen LogP contribution >= 0.6 is 0 Å². The Kier molecular flexibility index (Phi) is 11.3. The lowest BCUT2D eigenvalue weighted by molar-refractivity contribution is -0.177. The molecule has 244 valence electrons. The van der Waals surface area contributed by atoms with Crippen LogP contribution in [0.2, 0.25) is 0 Å². The number of esters is 1. The number of aromatic nitrogens is 2. The van der Waals surface area contributed by atoms with Crippen molar-refractivity contribution in [1.29, 1.82) is 0 Å². The molecule has 2 amide bonds. The van der Waals surface area contributed by atoms with Crippen molar-refractivity contribution in [2.75, 3.05) is 11.9 Å². The molecule has 1 heterocycles. The molecule has 0 saturated carbocycles. The summed E-state index contributed by atoms with van der Waals surface area (Å²) in [6.45, 7) is 1.86. The number of alkyl halides is 2. The Hall–Kier alpha value is -5.72. The summed E-state index contributed by atoms with van der Waals surface area (Å²) < 4.78 is 40.2. The second kappa shape index (κ2) is 15.5. The molecule has 3 aromatic carbocycles. The Morgan fingerprint density at radius 3 is 2.21 bits per heavy atom. The number of nitrogens with zero attached hydrogens (tertiary/aromatic N) is 2. The van der Waals surface area contributed by atoms with E-state index in [1.54, 1.807) is 91.9 Å². The van der Waals surface area contributed by atoms with E-state index in [1.807, 2.05) is 0 Å². The van der Waals surface area contributed by atoms with E-state index in [-0.39, 0.29) is 31.1 Å². The largest absolute Gasteiger partial charge is 0.461 e. The normalized spacial score (nSPS) is 11.7. The van der Waals surface area contributed by atoms with Gasteiger partial charge in [0.25, 0.3) is 5.56 Å². The van der Waals surface area contributed by atoms with E-state index in [2.05, 4.69) is 20.4 Å². The van der Waals surface area contributed by atoms with Crippen LogP contribution in [0.4, 0.5) is 19.3 Å². The van der Waals surface area contributed by atoms with Gasteiger partial charge in [0.15, 0.2) is 0 Å². The Labute approximate surface area is 268 Å². The van der Waals surface area contributed by atoms with Crippen LogP contribution in [-0.2, 0) is 43.4 Å². The van der Waals surface area contributed by atoms with Crippen molar-refractivity contribution in [1.82, 2.24) is 14.9 Å². The van der Waals surface area contributed by atoms with Crippen LogP contribution in [0.3, 0.4) is 0 Å². The second-order valence-electron chi connectivity index (χ2n) is 10.4. The third-order valence-electron chi connectivity index (χ3n) is 6.85. The zero-order valence-corrected chi connectivity index (χ0v) is 25.6. The Balaban J connectivity index is 1.63. The molecule has 0 saturated heterocycles. The van der Waals surface area contributed by atoms with Gasteiger partial charge in [0.05, 0.1) is 18.8 Å². The van der Waals surface area contributed by atoms with Gasteiger partial charge in [0, 0.05) is 12.0 Å². The van der Waals surface area contributed by atoms with Crippen molar-refractivity contribution in [3.8, 4) is 11.4 Å². The number of benzene rings is 3. The minimum atomic E-state index is -4.56. The third-order valence-corrected chi connectivity index (χ3v) is 6.85. The number of aryl methyl sites for hydroxylation is 1. The number of hydrogen-bond donors (Lipinski definition) is 2. The number of Topliss-reactive ketones (excluding diaryl/α,β-unsaturated/α-hetero) is 1. The minimum Gasteiger partial charge on any atom is -0.461 e. The quantitative estimate of drug-likeness (QED) is 0.160. The minimum absolute atomic E-state index is 0.0276. The van der Waals surface area contributed by atoms with Gasteiger partial charge in [-0.3, -0.25) is 24.3 Å². The predicted octanol–water partition coefficient (Wildman–Crippen LogP) is 4.46. The summed E-state index contributed by atoms with van der Waals surface area (Å²) >= 11 is 0. The van der Waals surface area contributed by atoms with Gasteiger partial charge in [-0.15, -0.1) is 0 Å². The molecule has 0 radical (unpaired) electrons. The van der Waals surface area contributed by atoms with Gasteiger partial charge in [0.1, 0.15) is 24.7 Å². The van der Waals surface area contributed by atoms with Crippen LogP contribution < -0.4 is 16.2 Å². The zero-order valence-electron chi connectivity index (χ0n) is 25.6. The highest BCUT2D eigenvalue weighted by molar-refractivity contribution is 6.08. The first kappa shape index (κ1) is 34.2. The maximum Gasteiger partial charge on any atom is 0.412 e. The summed E-state index contributed by atoms with van der Waals surface area (Å²) in [4.78, 5) is 68.9. The number of anilines is 1. The highest BCUT2D eigenvalue weighted by atomic mass is 19.3. The number of nitrogens with one attached hydrogen (secondary N) is 2. The fourth-order valence-electron chi connectivity index (χ4n) is 4.59. The molecule has 1 aromatic heterocycles. The summed E-state index contributed by atoms with van der Waals surface area (Å²) in [5.41, 5.74) is 1.21. The van der Waals surface area contributed by atoms with E-state index >= 15 is 0 Å². The summed E-state index contributed by atoms with van der Waals surface area (Å²) in [5.74, 6) is -9.47. The van der Waals surface area contributed by atoms with Crippen LogP contribution in [-0.4, -0.2) is 51.9 Å². The van der Waals surface area contributed by atoms with Gasteiger partial charge in [-0.05, 0) is 31.0 Å². The van der Waals surface area contributed by atoms with Crippen molar-refractivity contribution in [2.24, 2.45) is 0 Å². The van der Waals surface area contributed by atoms with Crippen molar-refractivity contribution in [2.45, 2.75) is 45.4 Å².